The monoisotopic (exact) mass is 205 g/mol. The molecule has 0 heterocycles. The Balaban J connectivity index is 3.30. The van der Waals surface area contributed by atoms with E-state index < -0.39 is 23.2 Å². The van der Waals surface area contributed by atoms with Crippen molar-refractivity contribution in [3.63, 3.8) is 0 Å². The number of aliphatic imine (C=N–C) groups is 1. The van der Waals surface area contributed by atoms with Crippen molar-refractivity contribution < 1.29 is 22.4 Å². The Hall–Kier alpha value is -1.68. The molecule has 1 aromatic carbocycles. The fourth-order valence-corrected chi connectivity index (χ4v) is 0.846. The highest BCUT2D eigenvalue weighted by Gasteiger charge is 2.34. The van der Waals surface area contributed by atoms with Crippen molar-refractivity contribution in [2.75, 3.05) is 0 Å². The maximum Gasteiger partial charge on any atom is 0.382 e. The van der Waals surface area contributed by atoms with Crippen LogP contribution in [0.2, 0.25) is 0 Å². The number of isocyanates is 1. The molecule has 1 rings (SSSR count). The molecule has 1 aromatic rings. The maximum atomic E-state index is 12.8. The number of halogens is 4. The van der Waals surface area contributed by atoms with Crippen LogP contribution in [0.15, 0.2) is 23.2 Å². The number of hydrogen-bond donors (Lipinski definition) is 0. The van der Waals surface area contributed by atoms with Gasteiger partial charge in [-0.25, -0.2) is 13.6 Å². The molecule has 0 fully saturated rings. The quantitative estimate of drug-likeness (QED) is 0.315. The van der Waals surface area contributed by atoms with Crippen molar-refractivity contribution in [2.45, 2.75) is 6.05 Å². The summed E-state index contributed by atoms with van der Waals surface area (Å²) in [6.07, 6.45) is 0.589. The van der Waals surface area contributed by atoms with Gasteiger partial charge in [0.25, 0.3) is 0 Å². The van der Waals surface area contributed by atoms with E-state index in [-0.39, 0.29) is 6.07 Å². The highest BCUT2D eigenvalue weighted by Crippen LogP contribution is 2.31. The fraction of sp³-hybridized carbons (Fsp3) is 0.125. The molecule has 74 valence electrons. The largest absolute Gasteiger partial charge is 0.382 e. The summed E-state index contributed by atoms with van der Waals surface area (Å²) in [5.74, 6) is -2.38. The maximum absolute atomic E-state index is 12.8. The van der Waals surface area contributed by atoms with E-state index in [1.165, 1.54) is 0 Å². The minimum Gasteiger partial charge on any atom is -0.211 e. The van der Waals surface area contributed by atoms with Gasteiger partial charge in [0.05, 0.1) is 5.56 Å². The first-order chi connectivity index (χ1) is 6.47. The average Bonchev–Trinajstić information content (AvgIpc) is 2.09. The second-order valence-corrected chi connectivity index (χ2v) is 2.37. The third-order valence-corrected chi connectivity index (χ3v) is 1.44. The first-order valence-corrected chi connectivity index (χ1v) is 3.40. The Morgan fingerprint density at radius 3 is 2.50 bits per heavy atom. The van der Waals surface area contributed by atoms with Crippen LogP contribution in [0.1, 0.15) is 5.56 Å². The summed E-state index contributed by atoms with van der Waals surface area (Å²) in [6, 6.07) is -2.61. The van der Waals surface area contributed by atoms with Gasteiger partial charge < -0.3 is 0 Å². The molecule has 0 radical (unpaired) electrons. The minimum atomic E-state index is -4.09. The first-order valence-electron chi connectivity index (χ1n) is 3.40. The number of carbonyl (C=O) groups excluding carboxylic acids is 1. The molecule has 0 aliphatic heterocycles. The second kappa shape index (κ2) is 3.59. The SMILES string of the molecule is O=C=NC(F)(F)c1cc(F)ccc1F. The molecule has 0 unspecified atom stereocenters. The Morgan fingerprint density at radius 1 is 1.29 bits per heavy atom. The molecule has 2 nitrogen and oxygen atoms in total. The van der Waals surface area contributed by atoms with Crippen LogP contribution in [0.25, 0.3) is 0 Å². The van der Waals surface area contributed by atoms with Crippen LogP contribution in [-0.4, -0.2) is 6.08 Å². The molecule has 0 saturated carbocycles. The number of alkyl halides is 2. The van der Waals surface area contributed by atoms with E-state index in [1.807, 2.05) is 0 Å². The molecule has 0 aliphatic rings. The van der Waals surface area contributed by atoms with Crippen LogP contribution in [0.4, 0.5) is 17.6 Å². The molecule has 0 saturated heterocycles. The summed E-state index contributed by atoms with van der Waals surface area (Å²) >= 11 is 0. The summed E-state index contributed by atoms with van der Waals surface area (Å²) in [6.45, 7) is 0. The summed E-state index contributed by atoms with van der Waals surface area (Å²) in [5.41, 5.74) is -1.29. The third-order valence-electron chi connectivity index (χ3n) is 1.44. The second-order valence-electron chi connectivity index (χ2n) is 2.37. The van der Waals surface area contributed by atoms with Crippen LogP contribution in [0.3, 0.4) is 0 Å². The summed E-state index contributed by atoms with van der Waals surface area (Å²) in [7, 11) is 0. The molecule has 14 heavy (non-hydrogen) atoms. The van der Waals surface area contributed by atoms with Crippen LogP contribution in [0, 0.1) is 11.6 Å². The van der Waals surface area contributed by atoms with Gasteiger partial charge in [0.2, 0.25) is 6.08 Å². The van der Waals surface area contributed by atoms with Crippen LogP contribution in [0.5, 0.6) is 0 Å². The number of nitrogens with zero attached hydrogens (tertiary/aromatic N) is 1. The van der Waals surface area contributed by atoms with Crippen LogP contribution in [-0.2, 0) is 10.8 Å². The van der Waals surface area contributed by atoms with Gasteiger partial charge >= 0.3 is 6.05 Å². The molecule has 0 N–H and O–H groups in total. The molecule has 0 aromatic heterocycles. The van der Waals surface area contributed by atoms with Crippen molar-refractivity contribution >= 4 is 6.08 Å². The van der Waals surface area contributed by atoms with Gasteiger partial charge in [0.15, 0.2) is 0 Å². The lowest BCUT2D eigenvalue weighted by atomic mass is 10.2. The standard InChI is InChI=1S/C8H3F4NO/c9-5-1-2-7(10)6(3-5)8(11,12)13-4-14/h1-3H. The highest BCUT2D eigenvalue weighted by atomic mass is 19.3. The van der Waals surface area contributed by atoms with Gasteiger partial charge in [0, 0.05) is 0 Å². The Bertz CT molecular complexity index is 398. The highest BCUT2D eigenvalue weighted by molar-refractivity contribution is 5.36. The Kier molecular flexibility index (Phi) is 2.67. The molecule has 0 amide bonds. The fourth-order valence-electron chi connectivity index (χ4n) is 0.846. The lowest BCUT2D eigenvalue weighted by molar-refractivity contribution is 0.00225. The predicted octanol–water partition coefficient (Wildman–Crippen LogP) is 2.35. The zero-order valence-electron chi connectivity index (χ0n) is 6.60. The molecule has 0 spiro atoms. The minimum absolute atomic E-state index is 0.274. The predicted molar refractivity (Wildman–Crippen MR) is 38.4 cm³/mol. The topological polar surface area (TPSA) is 29.4 Å². The van der Waals surface area contributed by atoms with E-state index in [9.17, 15) is 22.4 Å². The van der Waals surface area contributed by atoms with Crippen molar-refractivity contribution in [1.82, 2.24) is 0 Å². The van der Waals surface area contributed by atoms with Gasteiger partial charge in [-0.15, -0.1) is 4.99 Å². The van der Waals surface area contributed by atoms with Crippen molar-refractivity contribution in [2.24, 2.45) is 4.99 Å². The lowest BCUT2D eigenvalue weighted by Gasteiger charge is -2.09. The van der Waals surface area contributed by atoms with E-state index in [4.69, 9.17) is 0 Å². The normalized spacial score (nSPS) is 10.9. The number of hydrogen-bond acceptors (Lipinski definition) is 2. The number of benzene rings is 1. The van der Waals surface area contributed by atoms with Gasteiger partial charge in [-0.2, -0.15) is 8.78 Å². The van der Waals surface area contributed by atoms with Crippen molar-refractivity contribution in [3.05, 3.63) is 35.4 Å². The average molecular weight is 205 g/mol. The van der Waals surface area contributed by atoms with Crippen molar-refractivity contribution in [1.29, 1.82) is 0 Å². The van der Waals surface area contributed by atoms with Gasteiger partial charge in [-0.1, -0.05) is 0 Å². The van der Waals surface area contributed by atoms with E-state index in [0.29, 0.717) is 18.2 Å². The summed E-state index contributed by atoms with van der Waals surface area (Å²) in [5, 5.41) is 0. The van der Waals surface area contributed by atoms with Crippen LogP contribution < -0.4 is 0 Å². The Labute approximate surface area is 75.9 Å². The van der Waals surface area contributed by atoms with E-state index in [1.54, 1.807) is 0 Å². The Morgan fingerprint density at radius 2 is 1.93 bits per heavy atom. The molecular formula is C8H3F4NO. The number of rotatable bonds is 2. The zero-order valence-corrected chi connectivity index (χ0v) is 6.60. The van der Waals surface area contributed by atoms with Gasteiger partial charge in [-0.3, -0.25) is 0 Å². The summed E-state index contributed by atoms with van der Waals surface area (Å²) < 4.78 is 50.8. The third kappa shape index (κ3) is 1.97. The van der Waals surface area contributed by atoms with Crippen molar-refractivity contribution in [3.8, 4) is 0 Å². The van der Waals surface area contributed by atoms with E-state index >= 15 is 0 Å². The van der Waals surface area contributed by atoms with Gasteiger partial charge in [-0.05, 0) is 18.2 Å². The molecule has 0 atom stereocenters. The summed E-state index contributed by atoms with van der Waals surface area (Å²) in [4.78, 5) is 11.7. The van der Waals surface area contributed by atoms with E-state index in [2.05, 4.69) is 4.99 Å². The molecule has 0 aliphatic carbocycles. The molecular weight excluding hydrogens is 202 g/mol. The van der Waals surface area contributed by atoms with Gasteiger partial charge in [0.1, 0.15) is 11.6 Å². The van der Waals surface area contributed by atoms with Crippen LogP contribution >= 0.6 is 0 Å². The lowest BCUT2D eigenvalue weighted by Crippen LogP contribution is -2.12. The molecule has 0 bridgehead atoms. The zero-order chi connectivity index (χ0) is 10.8. The smallest absolute Gasteiger partial charge is 0.211 e. The molecule has 6 heteroatoms. The van der Waals surface area contributed by atoms with E-state index in [0.717, 1.165) is 0 Å². The first kappa shape index (κ1) is 10.4.